The zero-order valence-electron chi connectivity index (χ0n) is 18.7. The average molecular weight is 495 g/mol. The van der Waals surface area contributed by atoms with Gasteiger partial charge in [0.15, 0.2) is 6.61 Å². The summed E-state index contributed by atoms with van der Waals surface area (Å²) in [6, 6.07) is 13.3. The standard InChI is InChI=1S/C23H27ClN2O6S/c1-16-12-26(13-17(2)32-16)33(29,30)21-11-19(9-10-20(21)24)23(28)31-15-22(27)25(3)14-18-7-5-4-6-8-18/h4-11,16-17H,12-15H2,1-3H3. The Balaban J connectivity index is 1.68. The number of benzene rings is 2. The number of amides is 1. The van der Waals surface area contributed by atoms with Crippen molar-refractivity contribution in [3.05, 3.63) is 64.7 Å². The second-order valence-electron chi connectivity index (χ2n) is 8.04. The van der Waals surface area contributed by atoms with Gasteiger partial charge in [0, 0.05) is 26.7 Å². The summed E-state index contributed by atoms with van der Waals surface area (Å²) in [6.07, 6.45) is -0.538. The number of esters is 1. The van der Waals surface area contributed by atoms with E-state index in [9.17, 15) is 18.0 Å². The van der Waals surface area contributed by atoms with Crippen LogP contribution in [0.2, 0.25) is 5.02 Å². The molecule has 0 saturated carbocycles. The van der Waals surface area contributed by atoms with E-state index in [-0.39, 0.29) is 46.7 Å². The van der Waals surface area contributed by atoms with E-state index in [0.717, 1.165) is 5.56 Å². The number of ether oxygens (including phenoxy) is 2. The van der Waals surface area contributed by atoms with Crippen molar-refractivity contribution in [3.8, 4) is 0 Å². The summed E-state index contributed by atoms with van der Waals surface area (Å²) in [6.45, 7) is 3.85. The van der Waals surface area contributed by atoms with E-state index >= 15 is 0 Å². The largest absolute Gasteiger partial charge is 0.452 e. The molecule has 1 saturated heterocycles. The summed E-state index contributed by atoms with van der Waals surface area (Å²) in [5.74, 6) is -1.20. The highest BCUT2D eigenvalue weighted by atomic mass is 35.5. The number of carbonyl (C=O) groups is 2. The molecule has 2 unspecified atom stereocenters. The van der Waals surface area contributed by atoms with Crippen molar-refractivity contribution < 1.29 is 27.5 Å². The van der Waals surface area contributed by atoms with Crippen LogP contribution in [0.25, 0.3) is 0 Å². The number of hydrogen-bond donors (Lipinski definition) is 0. The minimum Gasteiger partial charge on any atom is -0.452 e. The predicted octanol–water partition coefficient (Wildman–Crippen LogP) is 2.95. The summed E-state index contributed by atoms with van der Waals surface area (Å²) in [7, 11) is -2.34. The lowest BCUT2D eigenvalue weighted by atomic mass is 10.2. The molecule has 1 heterocycles. The molecule has 33 heavy (non-hydrogen) atoms. The van der Waals surface area contributed by atoms with E-state index in [1.165, 1.54) is 27.4 Å². The fraction of sp³-hybridized carbons (Fsp3) is 0.391. The average Bonchev–Trinajstić information content (AvgIpc) is 2.77. The van der Waals surface area contributed by atoms with Gasteiger partial charge in [-0.2, -0.15) is 4.31 Å². The molecule has 1 aliphatic rings. The first-order valence-electron chi connectivity index (χ1n) is 10.5. The Hall–Kier alpha value is -2.46. The molecule has 2 aromatic carbocycles. The third-order valence-electron chi connectivity index (χ3n) is 5.19. The van der Waals surface area contributed by atoms with Crippen LogP contribution in [0.5, 0.6) is 0 Å². The van der Waals surface area contributed by atoms with E-state index in [1.54, 1.807) is 20.9 Å². The molecule has 8 nitrogen and oxygen atoms in total. The smallest absolute Gasteiger partial charge is 0.338 e. The summed E-state index contributed by atoms with van der Waals surface area (Å²) in [5, 5.41) is -0.00276. The van der Waals surface area contributed by atoms with Crippen LogP contribution in [0, 0.1) is 0 Å². The molecular formula is C23H27ClN2O6S. The maximum Gasteiger partial charge on any atom is 0.338 e. The van der Waals surface area contributed by atoms with Gasteiger partial charge in [0.25, 0.3) is 5.91 Å². The molecule has 2 atom stereocenters. The normalized spacial score (nSPS) is 19.2. The molecule has 1 fully saturated rings. The summed E-state index contributed by atoms with van der Waals surface area (Å²) < 4.78 is 38.4. The van der Waals surface area contributed by atoms with Crippen LogP contribution in [0.4, 0.5) is 0 Å². The van der Waals surface area contributed by atoms with Crippen molar-refractivity contribution in [1.29, 1.82) is 0 Å². The highest BCUT2D eigenvalue weighted by Crippen LogP contribution is 2.28. The number of morpholine rings is 1. The molecule has 1 aliphatic heterocycles. The van der Waals surface area contributed by atoms with Crippen LogP contribution in [0.3, 0.4) is 0 Å². The molecule has 2 aromatic rings. The highest BCUT2D eigenvalue weighted by Gasteiger charge is 2.34. The Labute approximate surface area is 199 Å². The lowest BCUT2D eigenvalue weighted by molar-refractivity contribution is -0.133. The van der Waals surface area contributed by atoms with Crippen LogP contribution in [0.1, 0.15) is 29.8 Å². The SMILES string of the molecule is CC1CN(S(=O)(=O)c2cc(C(=O)OCC(=O)N(C)Cc3ccccc3)ccc2Cl)CC(C)O1. The molecule has 0 aliphatic carbocycles. The van der Waals surface area contributed by atoms with Gasteiger partial charge in [-0.15, -0.1) is 0 Å². The van der Waals surface area contributed by atoms with Crippen LogP contribution in [-0.4, -0.2) is 68.5 Å². The Morgan fingerprint density at radius 1 is 1.12 bits per heavy atom. The zero-order valence-corrected chi connectivity index (χ0v) is 20.3. The van der Waals surface area contributed by atoms with Gasteiger partial charge < -0.3 is 14.4 Å². The Kier molecular flexibility index (Phi) is 8.12. The third-order valence-corrected chi connectivity index (χ3v) is 7.50. The Bertz CT molecular complexity index is 1100. The van der Waals surface area contributed by atoms with E-state index < -0.39 is 22.6 Å². The van der Waals surface area contributed by atoms with E-state index in [0.29, 0.717) is 6.54 Å². The molecule has 0 bridgehead atoms. The van der Waals surface area contributed by atoms with Crippen molar-refractivity contribution in [2.75, 3.05) is 26.7 Å². The fourth-order valence-corrected chi connectivity index (χ4v) is 5.65. The lowest BCUT2D eigenvalue weighted by Crippen LogP contribution is -2.48. The third kappa shape index (κ3) is 6.32. The van der Waals surface area contributed by atoms with Crippen LogP contribution in [-0.2, 0) is 30.8 Å². The molecule has 10 heteroatoms. The van der Waals surface area contributed by atoms with Crippen molar-refractivity contribution in [2.24, 2.45) is 0 Å². The lowest BCUT2D eigenvalue weighted by Gasteiger charge is -2.34. The highest BCUT2D eigenvalue weighted by molar-refractivity contribution is 7.89. The zero-order chi connectivity index (χ0) is 24.2. The van der Waals surface area contributed by atoms with Gasteiger partial charge in [0.05, 0.1) is 22.8 Å². The number of hydrogen-bond acceptors (Lipinski definition) is 6. The number of nitrogens with zero attached hydrogens (tertiary/aromatic N) is 2. The quantitative estimate of drug-likeness (QED) is 0.549. The maximum absolute atomic E-state index is 13.2. The van der Waals surface area contributed by atoms with Crippen molar-refractivity contribution in [1.82, 2.24) is 9.21 Å². The molecule has 3 rings (SSSR count). The van der Waals surface area contributed by atoms with Gasteiger partial charge in [-0.25, -0.2) is 13.2 Å². The molecule has 1 amide bonds. The monoisotopic (exact) mass is 494 g/mol. The van der Waals surface area contributed by atoms with Gasteiger partial charge in [0.1, 0.15) is 4.90 Å². The summed E-state index contributed by atoms with van der Waals surface area (Å²) >= 11 is 6.17. The molecular weight excluding hydrogens is 468 g/mol. The number of sulfonamides is 1. The first kappa shape index (κ1) is 25.2. The predicted molar refractivity (Wildman–Crippen MR) is 123 cm³/mol. The minimum absolute atomic E-state index is 0.00276. The first-order valence-corrected chi connectivity index (χ1v) is 12.3. The van der Waals surface area contributed by atoms with Gasteiger partial charge in [-0.05, 0) is 37.6 Å². The second-order valence-corrected chi connectivity index (χ2v) is 10.3. The number of rotatable bonds is 7. The van der Waals surface area contributed by atoms with Crippen LogP contribution < -0.4 is 0 Å². The van der Waals surface area contributed by atoms with Crippen molar-refractivity contribution in [3.63, 3.8) is 0 Å². The van der Waals surface area contributed by atoms with Gasteiger partial charge in [0.2, 0.25) is 10.0 Å². The minimum atomic E-state index is -3.96. The van der Waals surface area contributed by atoms with E-state index in [4.69, 9.17) is 21.1 Å². The topological polar surface area (TPSA) is 93.2 Å². The van der Waals surface area contributed by atoms with Crippen molar-refractivity contribution in [2.45, 2.75) is 37.5 Å². The number of likely N-dealkylation sites (N-methyl/N-ethyl adjacent to an activating group) is 1. The Morgan fingerprint density at radius 2 is 1.76 bits per heavy atom. The molecule has 0 N–H and O–H groups in total. The van der Waals surface area contributed by atoms with Gasteiger partial charge in [-0.1, -0.05) is 41.9 Å². The number of halogens is 1. The molecule has 178 valence electrons. The summed E-state index contributed by atoms with van der Waals surface area (Å²) in [4.78, 5) is 26.1. The first-order chi connectivity index (χ1) is 15.6. The second kappa shape index (κ2) is 10.6. The molecule has 0 radical (unpaired) electrons. The van der Waals surface area contributed by atoms with E-state index in [2.05, 4.69) is 0 Å². The van der Waals surface area contributed by atoms with Crippen LogP contribution >= 0.6 is 11.6 Å². The molecule has 0 spiro atoms. The van der Waals surface area contributed by atoms with E-state index in [1.807, 2.05) is 30.3 Å². The fourth-order valence-electron chi connectivity index (χ4n) is 3.56. The van der Waals surface area contributed by atoms with Gasteiger partial charge >= 0.3 is 5.97 Å². The summed E-state index contributed by atoms with van der Waals surface area (Å²) in [5.41, 5.74) is 0.935. The Morgan fingerprint density at radius 3 is 2.39 bits per heavy atom. The van der Waals surface area contributed by atoms with Crippen LogP contribution in [0.15, 0.2) is 53.4 Å². The van der Waals surface area contributed by atoms with Crippen molar-refractivity contribution >= 4 is 33.5 Å². The van der Waals surface area contributed by atoms with Gasteiger partial charge in [-0.3, -0.25) is 4.79 Å². The molecule has 0 aromatic heterocycles. The number of carbonyl (C=O) groups excluding carboxylic acids is 2. The maximum atomic E-state index is 13.2.